The van der Waals surface area contributed by atoms with Gasteiger partial charge in [-0.2, -0.15) is 5.10 Å². The highest BCUT2D eigenvalue weighted by molar-refractivity contribution is 5.29. The standard InChI is InChI=1S/C5H3N4O/c10-5-8-7-4-3-6-1-2-9(4)5/h1-2H,(H,8,10). The lowest BCUT2D eigenvalue weighted by Gasteiger charge is -1.82. The van der Waals surface area contributed by atoms with Crippen molar-refractivity contribution in [3.63, 3.8) is 0 Å². The van der Waals surface area contributed by atoms with Gasteiger partial charge >= 0.3 is 5.69 Å². The fraction of sp³-hybridized carbons (Fsp3) is 0. The van der Waals surface area contributed by atoms with E-state index in [4.69, 9.17) is 0 Å². The normalized spacial score (nSPS) is 10.4. The topological polar surface area (TPSA) is 63.0 Å². The van der Waals surface area contributed by atoms with Crippen LogP contribution in [-0.2, 0) is 0 Å². The summed E-state index contributed by atoms with van der Waals surface area (Å²) in [6, 6.07) is 0. The van der Waals surface area contributed by atoms with Crippen LogP contribution in [0.3, 0.4) is 0 Å². The maximum Gasteiger partial charge on any atom is 0.347 e. The summed E-state index contributed by atoms with van der Waals surface area (Å²) in [6.07, 6.45) is 5.54. The number of fused-ring (bicyclic) bond motifs is 1. The molecule has 0 unspecified atom stereocenters. The number of H-pyrrole nitrogens is 1. The molecule has 0 aromatic carbocycles. The smallest absolute Gasteiger partial charge is 0.249 e. The lowest BCUT2D eigenvalue weighted by molar-refractivity contribution is 1.02. The zero-order chi connectivity index (χ0) is 6.97. The highest BCUT2D eigenvalue weighted by Gasteiger charge is 1.95. The van der Waals surface area contributed by atoms with Gasteiger partial charge in [-0.25, -0.2) is 19.3 Å². The highest BCUT2D eigenvalue weighted by Crippen LogP contribution is 1.85. The Bertz CT molecular complexity index is 401. The molecule has 1 radical (unpaired) electrons. The molecule has 0 bridgehead atoms. The second kappa shape index (κ2) is 1.66. The van der Waals surface area contributed by atoms with Crippen LogP contribution < -0.4 is 5.69 Å². The minimum absolute atomic E-state index is 0.270. The van der Waals surface area contributed by atoms with E-state index in [0.717, 1.165) is 0 Å². The van der Waals surface area contributed by atoms with Crippen molar-refractivity contribution in [2.24, 2.45) is 0 Å². The van der Waals surface area contributed by atoms with Crippen LogP contribution in [0.5, 0.6) is 0 Å². The Morgan fingerprint density at radius 2 is 2.60 bits per heavy atom. The summed E-state index contributed by atoms with van der Waals surface area (Å²) in [7, 11) is 0. The minimum Gasteiger partial charge on any atom is -0.249 e. The van der Waals surface area contributed by atoms with Crippen LogP contribution in [0.15, 0.2) is 17.2 Å². The monoisotopic (exact) mass is 135 g/mol. The molecule has 5 nitrogen and oxygen atoms in total. The molecule has 0 fully saturated rings. The number of aromatic amines is 1. The van der Waals surface area contributed by atoms with Gasteiger partial charge in [0.15, 0.2) is 5.65 Å². The van der Waals surface area contributed by atoms with Crippen LogP contribution >= 0.6 is 0 Å². The Hall–Kier alpha value is -1.65. The molecule has 2 aromatic rings. The van der Waals surface area contributed by atoms with Gasteiger partial charge in [-0.3, -0.25) is 0 Å². The molecule has 0 aliphatic carbocycles. The van der Waals surface area contributed by atoms with E-state index < -0.39 is 0 Å². The van der Waals surface area contributed by atoms with E-state index in [1.807, 2.05) is 0 Å². The SMILES string of the molecule is O=c1[nH]nc2[c]nccn12. The molecule has 2 aromatic heterocycles. The second-order valence-corrected chi connectivity index (χ2v) is 1.76. The quantitative estimate of drug-likeness (QED) is 0.515. The van der Waals surface area contributed by atoms with Crippen molar-refractivity contribution in [3.05, 3.63) is 29.1 Å². The van der Waals surface area contributed by atoms with E-state index in [0.29, 0.717) is 5.65 Å². The van der Waals surface area contributed by atoms with Crippen molar-refractivity contribution in [2.75, 3.05) is 0 Å². The van der Waals surface area contributed by atoms with Gasteiger partial charge in [-0.1, -0.05) is 0 Å². The number of hydrogen-bond acceptors (Lipinski definition) is 3. The molecule has 0 atom stereocenters. The van der Waals surface area contributed by atoms with Gasteiger partial charge in [0.1, 0.15) is 6.20 Å². The van der Waals surface area contributed by atoms with Crippen LogP contribution in [-0.4, -0.2) is 19.6 Å². The largest absolute Gasteiger partial charge is 0.347 e. The van der Waals surface area contributed by atoms with E-state index in [9.17, 15) is 4.79 Å². The molecular formula is C5H3N4O. The summed E-state index contributed by atoms with van der Waals surface area (Å²) in [5.74, 6) is 0. The summed E-state index contributed by atoms with van der Waals surface area (Å²) in [4.78, 5) is 14.4. The Morgan fingerprint density at radius 1 is 1.70 bits per heavy atom. The van der Waals surface area contributed by atoms with Gasteiger partial charge in [-0.05, 0) is 0 Å². The van der Waals surface area contributed by atoms with Crippen molar-refractivity contribution in [1.29, 1.82) is 0 Å². The van der Waals surface area contributed by atoms with E-state index in [1.54, 1.807) is 0 Å². The summed E-state index contributed by atoms with van der Waals surface area (Å²) in [5.41, 5.74) is 0.140. The molecule has 5 heteroatoms. The van der Waals surface area contributed by atoms with Crippen molar-refractivity contribution in [2.45, 2.75) is 0 Å². The Balaban J connectivity index is 3.07. The fourth-order valence-electron chi connectivity index (χ4n) is 0.717. The molecule has 0 saturated carbocycles. The van der Waals surface area contributed by atoms with E-state index in [1.165, 1.54) is 16.8 Å². The fourth-order valence-corrected chi connectivity index (χ4v) is 0.717. The van der Waals surface area contributed by atoms with E-state index >= 15 is 0 Å². The van der Waals surface area contributed by atoms with Gasteiger partial charge in [0, 0.05) is 12.4 Å². The summed E-state index contributed by atoms with van der Waals surface area (Å²) < 4.78 is 1.33. The molecule has 2 heterocycles. The zero-order valence-electron chi connectivity index (χ0n) is 4.90. The molecule has 2 rings (SSSR count). The van der Waals surface area contributed by atoms with Crippen LogP contribution in [0.1, 0.15) is 0 Å². The average Bonchev–Trinajstić information content (AvgIpc) is 2.34. The molecule has 0 saturated heterocycles. The summed E-state index contributed by atoms with van der Waals surface area (Å²) in [5, 5.41) is 5.89. The third-order valence-corrected chi connectivity index (χ3v) is 1.16. The zero-order valence-corrected chi connectivity index (χ0v) is 4.90. The van der Waals surface area contributed by atoms with Crippen molar-refractivity contribution < 1.29 is 0 Å². The van der Waals surface area contributed by atoms with Crippen LogP contribution in [0.4, 0.5) is 0 Å². The summed E-state index contributed by atoms with van der Waals surface area (Å²) in [6.45, 7) is 0. The third kappa shape index (κ3) is 0.540. The Labute approximate surface area is 55.3 Å². The number of rotatable bonds is 0. The lowest BCUT2D eigenvalue weighted by atomic mass is 10.7. The average molecular weight is 135 g/mol. The van der Waals surface area contributed by atoms with Crippen molar-refractivity contribution in [3.8, 4) is 0 Å². The van der Waals surface area contributed by atoms with E-state index in [2.05, 4.69) is 21.4 Å². The Kier molecular flexibility index (Phi) is 0.858. The first kappa shape index (κ1) is 5.16. The number of nitrogens with zero attached hydrogens (tertiary/aromatic N) is 3. The van der Waals surface area contributed by atoms with Crippen molar-refractivity contribution >= 4 is 5.65 Å². The molecule has 0 amide bonds. The molecular weight excluding hydrogens is 132 g/mol. The number of nitrogens with one attached hydrogen (secondary N) is 1. The van der Waals surface area contributed by atoms with Gasteiger partial charge < -0.3 is 0 Å². The molecule has 0 aliphatic heterocycles. The molecule has 0 spiro atoms. The van der Waals surface area contributed by atoms with Gasteiger partial charge in [-0.15, -0.1) is 0 Å². The maximum atomic E-state index is 10.8. The predicted molar refractivity (Wildman–Crippen MR) is 32.4 cm³/mol. The first-order valence-electron chi connectivity index (χ1n) is 2.67. The molecule has 1 N–H and O–H groups in total. The number of aromatic nitrogens is 4. The predicted octanol–water partition coefficient (Wildman–Crippen LogP) is -0.782. The summed E-state index contributed by atoms with van der Waals surface area (Å²) >= 11 is 0. The number of hydrogen-bond donors (Lipinski definition) is 1. The third-order valence-electron chi connectivity index (χ3n) is 1.16. The molecule has 49 valence electrons. The van der Waals surface area contributed by atoms with Crippen molar-refractivity contribution in [1.82, 2.24) is 19.6 Å². The first-order valence-corrected chi connectivity index (χ1v) is 2.67. The van der Waals surface area contributed by atoms with E-state index in [-0.39, 0.29) is 5.69 Å². The van der Waals surface area contributed by atoms with Crippen LogP contribution in [0.25, 0.3) is 5.65 Å². The first-order chi connectivity index (χ1) is 4.88. The molecule has 10 heavy (non-hydrogen) atoms. The maximum absolute atomic E-state index is 10.8. The van der Waals surface area contributed by atoms with Gasteiger partial charge in [0.25, 0.3) is 0 Å². The van der Waals surface area contributed by atoms with Crippen LogP contribution in [0, 0.1) is 6.20 Å². The van der Waals surface area contributed by atoms with Crippen LogP contribution in [0.2, 0.25) is 0 Å². The minimum atomic E-state index is -0.270. The Morgan fingerprint density at radius 3 is 3.40 bits per heavy atom. The highest BCUT2D eigenvalue weighted by atomic mass is 16.1. The lowest BCUT2D eigenvalue weighted by Crippen LogP contribution is -2.08. The van der Waals surface area contributed by atoms with Gasteiger partial charge in [0.2, 0.25) is 0 Å². The van der Waals surface area contributed by atoms with Gasteiger partial charge in [0.05, 0.1) is 0 Å². The molecule has 0 aliphatic rings. The second-order valence-electron chi connectivity index (χ2n) is 1.76.